The standard InChI is InChI=1S/C14H21N3O4/c1-14(2,3)21-13(18)16-8-9-5-10(12(15)17-19)7-11(6-9)20-4/h5-7,19H,8H2,1-4H3,(H2,15,17)(H,16,18). The lowest BCUT2D eigenvalue weighted by atomic mass is 10.1. The molecule has 0 fully saturated rings. The third-order valence-corrected chi connectivity index (χ3v) is 2.44. The Morgan fingerprint density at radius 1 is 1.38 bits per heavy atom. The largest absolute Gasteiger partial charge is 0.497 e. The summed E-state index contributed by atoms with van der Waals surface area (Å²) in [5.74, 6) is 0.507. The highest BCUT2D eigenvalue weighted by atomic mass is 16.6. The molecule has 0 saturated carbocycles. The van der Waals surface area contributed by atoms with Crippen molar-refractivity contribution in [1.29, 1.82) is 0 Å². The summed E-state index contributed by atoms with van der Waals surface area (Å²) in [5.41, 5.74) is 6.24. The predicted molar refractivity (Wildman–Crippen MR) is 78.6 cm³/mol. The maximum absolute atomic E-state index is 11.6. The zero-order chi connectivity index (χ0) is 16.0. The van der Waals surface area contributed by atoms with Crippen LogP contribution in [0.1, 0.15) is 31.9 Å². The van der Waals surface area contributed by atoms with Gasteiger partial charge in [-0.25, -0.2) is 4.79 Å². The Morgan fingerprint density at radius 2 is 2.05 bits per heavy atom. The van der Waals surface area contributed by atoms with Crippen LogP contribution >= 0.6 is 0 Å². The first kappa shape index (κ1) is 16.6. The van der Waals surface area contributed by atoms with Crippen LogP contribution in [0.2, 0.25) is 0 Å². The van der Waals surface area contributed by atoms with Gasteiger partial charge in [0, 0.05) is 12.1 Å². The SMILES string of the molecule is COc1cc(CNC(=O)OC(C)(C)C)cc(/C(N)=N/O)c1. The van der Waals surface area contributed by atoms with E-state index in [0.717, 1.165) is 5.56 Å². The molecule has 0 atom stereocenters. The second-order valence-corrected chi connectivity index (χ2v) is 5.41. The molecule has 0 spiro atoms. The minimum absolute atomic E-state index is 0.0348. The molecule has 0 heterocycles. The number of rotatable bonds is 4. The molecular formula is C14H21N3O4. The molecule has 1 amide bonds. The van der Waals surface area contributed by atoms with Crippen LogP contribution in [0.4, 0.5) is 4.79 Å². The molecule has 1 aromatic carbocycles. The molecule has 0 aliphatic rings. The highest BCUT2D eigenvalue weighted by molar-refractivity contribution is 5.97. The number of nitrogens with zero attached hydrogens (tertiary/aromatic N) is 1. The van der Waals surface area contributed by atoms with E-state index in [4.69, 9.17) is 20.4 Å². The Kier molecular flexibility index (Phi) is 5.40. The molecule has 116 valence electrons. The first-order valence-electron chi connectivity index (χ1n) is 6.38. The summed E-state index contributed by atoms with van der Waals surface area (Å²) in [5, 5.41) is 14.3. The fraction of sp³-hybridized carbons (Fsp3) is 0.429. The van der Waals surface area contributed by atoms with Gasteiger partial charge in [-0.05, 0) is 44.5 Å². The molecule has 0 aromatic heterocycles. The van der Waals surface area contributed by atoms with Crippen LogP contribution in [-0.2, 0) is 11.3 Å². The zero-order valence-corrected chi connectivity index (χ0v) is 12.6. The molecule has 7 nitrogen and oxygen atoms in total. The Labute approximate surface area is 123 Å². The molecule has 4 N–H and O–H groups in total. The van der Waals surface area contributed by atoms with E-state index in [0.29, 0.717) is 11.3 Å². The van der Waals surface area contributed by atoms with E-state index >= 15 is 0 Å². The first-order valence-corrected chi connectivity index (χ1v) is 6.38. The second-order valence-electron chi connectivity index (χ2n) is 5.41. The van der Waals surface area contributed by atoms with Crippen LogP contribution in [0.15, 0.2) is 23.4 Å². The number of ether oxygens (including phenoxy) is 2. The van der Waals surface area contributed by atoms with E-state index in [2.05, 4.69) is 10.5 Å². The molecule has 0 aliphatic heterocycles. The van der Waals surface area contributed by atoms with Crippen LogP contribution in [0.25, 0.3) is 0 Å². The Morgan fingerprint density at radius 3 is 2.57 bits per heavy atom. The average molecular weight is 295 g/mol. The number of carbonyl (C=O) groups is 1. The number of carbonyl (C=O) groups excluding carboxylic acids is 1. The number of amidine groups is 1. The quantitative estimate of drug-likeness (QED) is 0.340. The predicted octanol–water partition coefficient (Wildman–Crippen LogP) is 1.81. The van der Waals surface area contributed by atoms with Gasteiger partial charge in [0.1, 0.15) is 11.4 Å². The van der Waals surface area contributed by atoms with Crippen molar-refractivity contribution in [3.63, 3.8) is 0 Å². The van der Waals surface area contributed by atoms with E-state index in [1.165, 1.54) is 7.11 Å². The van der Waals surface area contributed by atoms with Crippen molar-refractivity contribution in [3.8, 4) is 5.75 Å². The number of nitrogens with two attached hydrogens (primary N) is 1. The number of benzene rings is 1. The summed E-state index contributed by atoms with van der Waals surface area (Å²) in [7, 11) is 1.51. The summed E-state index contributed by atoms with van der Waals surface area (Å²) in [6, 6.07) is 5.06. The molecule has 1 aromatic rings. The van der Waals surface area contributed by atoms with Gasteiger partial charge in [0.05, 0.1) is 7.11 Å². The summed E-state index contributed by atoms with van der Waals surface area (Å²) in [6.45, 7) is 5.59. The lowest BCUT2D eigenvalue weighted by Gasteiger charge is -2.19. The van der Waals surface area contributed by atoms with Gasteiger partial charge in [-0.1, -0.05) is 5.16 Å². The summed E-state index contributed by atoms with van der Waals surface area (Å²) < 4.78 is 10.3. The van der Waals surface area contributed by atoms with Crippen molar-refractivity contribution in [2.45, 2.75) is 32.9 Å². The van der Waals surface area contributed by atoms with Gasteiger partial charge in [0.15, 0.2) is 5.84 Å². The van der Waals surface area contributed by atoms with E-state index in [-0.39, 0.29) is 12.4 Å². The summed E-state index contributed by atoms with van der Waals surface area (Å²) >= 11 is 0. The zero-order valence-electron chi connectivity index (χ0n) is 12.6. The molecule has 0 aliphatic carbocycles. The Hall–Kier alpha value is -2.44. The molecular weight excluding hydrogens is 274 g/mol. The maximum Gasteiger partial charge on any atom is 0.407 e. The fourth-order valence-electron chi connectivity index (χ4n) is 1.57. The van der Waals surface area contributed by atoms with Crippen molar-refractivity contribution in [2.75, 3.05) is 7.11 Å². The normalized spacial score (nSPS) is 11.9. The molecule has 0 saturated heterocycles. The number of nitrogens with one attached hydrogen (secondary N) is 1. The molecule has 7 heteroatoms. The number of hydrogen-bond donors (Lipinski definition) is 3. The van der Waals surface area contributed by atoms with Gasteiger partial charge in [-0.3, -0.25) is 0 Å². The Balaban J connectivity index is 2.81. The molecule has 0 unspecified atom stereocenters. The minimum Gasteiger partial charge on any atom is -0.497 e. The Bertz CT molecular complexity index is 536. The second kappa shape index (κ2) is 6.83. The van der Waals surface area contributed by atoms with Crippen LogP contribution in [0.5, 0.6) is 5.75 Å². The third kappa shape index (κ3) is 5.60. The molecule has 0 radical (unpaired) electrons. The number of hydrogen-bond acceptors (Lipinski definition) is 5. The van der Waals surface area contributed by atoms with Gasteiger partial charge in [0.25, 0.3) is 0 Å². The van der Waals surface area contributed by atoms with Crippen molar-refractivity contribution in [1.82, 2.24) is 5.32 Å². The first-order chi connectivity index (χ1) is 9.75. The van der Waals surface area contributed by atoms with Crippen molar-refractivity contribution in [2.24, 2.45) is 10.9 Å². The van der Waals surface area contributed by atoms with Gasteiger partial charge >= 0.3 is 6.09 Å². The van der Waals surface area contributed by atoms with Crippen molar-refractivity contribution in [3.05, 3.63) is 29.3 Å². The van der Waals surface area contributed by atoms with Crippen molar-refractivity contribution >= 4 is 11.9 Å². The number of alkyl carbamates (subject to hydrolysis) is 1. The van der Waals surface area contributed by atoms with Gasteiger partial charge in [-0.2, -0.15) is 0 Å². The van der Waals surface area contributed by atoms with E-state index in [1.54, 1.807) is 39.0 Å². The smallest absolute Gasteiger partial charge is 0.407 e. The third-order valence-electron chi connectivity index (χ3n) is 2.44. The van der Waals surface area contributed by atoms with Gasteiger partial charge in [-0.15, -0.1) is 0 Å². The topological polar surface area (TPSA) is 106 Å². The van der Waals surface area contributed by atoms with Gasteiger partial charge in [0.2, 0.25) is 0 Å². The molecule has 0 bridgehead atoms. The monoisotopic (exact) mass is 295 g/mol. The maximum atomic E-state index is 11.6. The number of methoxy groups -OCH3 is 1. The van der Waals surface area contributed by atoms with Crippen LogP contribution in [-0.4, -0.2) is 29.8 Å². The average Bonchev–Trinajstić information content (AvgIpc) is 2.42. The number of amides is 1. The summed E-state index contributed by atoms with van der Waals surface area (Å²) in [4.78, 5) is 11.6. The van der Waals surface area contributed by atoms with Crippen molar-refractivity contribution < 1.29 is 19.5 Å². The van der Waals surface area contributed by atoms with Crippen LogP contribution in [0.3, 0.4) is 0 Å². The van der Waals surface area contributed by atoms with Crippen LogP contribution < -0.4 is 15.8 Å². The highest BCUT2D eigenvalue weighted by Gasteiger charge is 2.16. The summed E-state index contributed by atoms with van der Waals surface area (Å²) in [6.07, 6.45) is -0.518. The highest BCUT2D eigenvalue weighted by Crippen LogP contribution is 2.17. The molecule has 1 rings (SSSR count). The fourth-order valence-corrected chi connectivity index (χ4v) is 1.57. The van der Waals surface area contributed by atoms with E-state index in [9.17, 15) is 4.79 Å². The minimum atomic E-state index is -0.558. The van der Waals surface area contributed by atoms with E-state index < -0.39 is 11.7 Å². The van der Waals surface area contributed by atoms with E-state index in [1.807, 2.05) is 0 Å². The lowest BCUT2D eigenvalue weighted by molar-refractivity contribution is 0.0523. The molecule has 21 heavy (non-hydrogen) atoms. The number of oxime groups is 1. The van der Waals surface area contributed by atoms with Crippen LogP contribution in [0, 0.1) is 0 Å². The lowest BCUT2D eigenvalue weighted by Crippen LogP contribution is -2.32. The van der Waals surface area contributed by atoms with Gasteiger partial charge < -0.3 is 25.7 Å².